The van der Waals surface area contributed by atoms with Crippen LogP contribution in [0.4, 0.5) is 0 Å². The fourth-order valence-corrected chi connectivity index (χ4v) is 2.56. The number of fused-ring (bicyclic) bond motifs is 1. The molecule has 0 saturated heterocycles. The highest BCUT2D eigenvalue weighted by Gasteiger charge is 2.22. The Balaban J connectivity index is 2.12. The Bertz CT molecular complexity index is 545. The first-order chi connectivity index (χ1) is 8.29. The van der Waals surface area contributed by atoms with Crippen LogP contribution < -0.4 is 0 Å². The highest BCUT2D eigenvalue weighted by molar-refractivity contribution is 6.30. The Morgan fingerprint density at radius 1 is 1.24 bits per heavy atom. The van der Waals surface area contributed by atoms with Crippen LogP contribution in [0.2, 0.25) is 5.02 Å². The summed E-state index contributed by atoms with van der Waals surface area (Å²) < 4.78 is 1.93. The number of aliphatic hydroxyl groups is 1. The molecule has 4 heteroatoms. The number of benzene rings is 1. The highest BCUT2D eigenvalue weighted by atomic mass is 35.5. The van der Waals surface area contributed by atoms with E-state index in [0.717, 1.165) is 35.7 Å². The molecule has 0 fully saturated rings. The lowest BCUT2D eigenvalue weighted by Crippen LogP contribution is -2.01. The van der Waals surface area contributed by atoms with E-state index in [4.69, 9.17) is 11.6 Å². The smallest absolute Gasteiger partial charge is 0.0918 e. The Hall–Kier alpha value is -1.32. The maximum absolute atomic E-state index is 9.31. The maximum Gasteiger partial charge on any atom is 0.0918 e. The van der Waals surface area contributed by atoms with Crippen LogP contribution in [0.25, 0.3) is 5.69 Å². The molecule has 1 N–H and O–H groups in total. The summed E-state index contributed by atoms with van der Waals surface area (Å²) in [7, 11) is 0. The molecule has 0 bridgehead atoms. The van der Waals surface area contributed by atoms with E-state index in [1.807, 2.05) is 28.9 Å². The van der Waals surface area contributed by atoms with Crippen LogP contribution in [0.15, 0.2) is 24.3 Å². The van der Waals surface area contributed by atoms with Crippen molar-refractivity contribution in [3.63, 3.8) is 0 Å². The SMILES string of the molecule is OCc1nn(-c2ccc(Cl)cc2)c2c1CCC2. The molecule has 1 aromatic carbocycles. The molecule has 0 amide bonds. The van der Waals surface area contributed by atoms with Crippen molar-refractivity contribution >= 4 is 11.6 Å². The minimum absolute atomic E-state index is 0.0168. The lowest BCUT2D eigenvalue weighted by atomic mass is 10.2. The van der Waals surface area contributed by atoms with E-state index in [-0.39, 0.29) is 6.61 Å². The predicted molar refractivity (Wildman–Crippen MR) is 66.5 cm³/mol. The van der Waals surface area contributed by atoms with Crippen molar-refractivity contribution in [3.8, 4) is 5.69 Å². The number of halogens is 1. The summed E-state index contributed by atoms with van der Waals surface area (Å²) in [6.07, 6.45) is 3.21. The summed E-state index contributed by atoms with van der Waals surface area (Å²) in [5, 5.41) is 14.5. The van der Waals surface area contributed by atoms with Crippen LogP contribution in [0.5, 0.6) is 0 Å². The molecule has 0 radical (unpaired) electrons. The number of hydrogen-bond acceptors (Lipinski definition) is 2. The average Bonchev–Trinajstić information content (AvgIpc) is 2.91. The van der Waals surface area contributed by atoms with Crippen LogP contribution in [-0.2, 0) is 19.4 Å². The van der Waals surface area contributed by atoms with Gasteiger partial charge in [0.15, 0.2) is 0 Å². The van der Waals surface area contributed by atoms with Crippen molar-refractivity contribution in [2.75, 3.05) is 0 Å². The summed E-state index contributed by atoms with van der Waals surface area (Å²) in [6, 6.07) is 7.63. The average molecular weight is 249 g/mol. The van der Waals surface area contributed by atoms with Crippen molar-refractivity contribution < 1.29 is 5.11 Å². The van der Waals surface area contributed by atoms with Gasteiger partial charge in [0.2, 0.25) is 0 Å². The van der Waals surface area contributed by atoms with Gasteiger partial charge in [-0.05, 0) is 49.1 Å². The minimum Gasteiger partial charge on any atom is -0.390 e. The van der Waals surface area contributed by atoms with E-state index in [0.29, 0.717) is 0 Å². The monoisotopic (exact) mass is 248 g/mol. The standard InChI is InChI=1S/C13H13ClN2O/c14-9-4-6-10(7-5-9)16-13-3-1-2-11(13)12(8-17)15-16/h4-7,17H,1-3,8H2. The number of aromatic nitrogens is 2. The van der Waals surface area contributed by atoms with Crippen LogP contribution in [0.3, 0.4) is 0 Å². The summed E-state index contributed by atoms with van der Waals surface area (Å²) >= 11 is 5.88. The van der Waals surface area contributed by atoms with Gasteiger partial charge >= 0.3 is 0 Å². The molecule has 3 rings (SSSR count). The Kier molecular flexibility index (Phi) is 2.65. The first-order valence-electron chi connectivity index (χ1n) is 5.76. The van der Waals surface area contributed by atoms with E-state index in [1.165, 1.54) is 11.3 Å². The normalized spacial score (nSPS) is 14.0. The van der Waals surface area contributed by atoms with Gasteiger partial charge in [-0.25, -0.2) is 4.68 Å². The molecule has 0 saturated carbocycles. The summed E-state index contributed by atoms with van der Waals surface area (Å²) in [6.45, 7) is 0.0168. The van der Waals surface area contributed by atoms with Crippen molar-refractivity contribution in [1.29, 1.82) is 0 Å². The first kappa shape index (κ1) is 10.8. The predicted octanol–water partition coefficient (Wildman–Crippen LogP) is 2.51. The summed E-state index contributed by atoms with van der Waals surface area (Å²) in [5.41, 5.74) is 4.28. The second-order valence-corrected chi connectivity index (χ2v) is 4.71. The Morgan fingerprint density at radius 3 is 2.71 bits per heavy atom. The Labute approximate surface area is 105 Å². The van der Waals surface area contributed by atoms with E-state index in [1.54, 1.807) is 0 Å². The fraction of sp³-hybridized carbons (Fsp3) is 0.308. The van der Waals surface area contributed by atoms with E-state index < -0.39 is 0 Å². The Morgan fingerprint density at radius 2 is 2.00 bits per heavy atom. The zero-order valence-corrected chi connectivity index (χ0v) is 10.1. The molecule has 2 aromatic rings. The van der Waals surface area contributed by atoms with Crippen LogP contribution in [0, 0.1) is 0 Å². The van der Waals surface area contributed by atoms with Crippen molar-refractivity contribution in [1.82, 2.24) is 9.78 Å². The van der Waals surface area contributed by atoms with E-state index >= 15 is 0 Å². The van der Waals surface area contributed by atoms with Crippen molar-refractivity contribution in [3.05, 3.63) is 46.2 Å². The maximum atomic E-state index is 9.31. The molecule has 3 nitrogen and oxygen atoms in total. The molecular formula is C13H13ClN2O. The molecule has 0 spiro atoms. The second kappa shape index (κ2) is 4.17. The second-order valence-electron chi connectivity index (χ2n) is 4.27. The third-order valence-corrected chi connectivity index (χ3v) is 3.49. The third-order valence-electron chi connectivity index (χ3n) is 3.23. The van der Waals surface area contributed by atoms with Gasteiger partial charge < -0.3 is 5.11 Å². The molecule has 1 aliphatic carbocycles. The van der Waals surface area contributed by atoms with Gasteiger partial charge in [-0.1, -0.05) is 11.6 Å². The van der Waals surface area contributed by atoms with Gasteiger partial charge in [-0.3, -0.25) is 0 Å². The zero-order chi connectivity index (χ0) is 11.8. The molecule has 0 aliphatic heterocycles. The molecule has 1 aromatic heterocycles. The molecule has 1 aliphatic rings. The third kappa shape index (κ3) is 1.75. The molecule has 1 heterocycles. The lowest BCUT2D eigenvalue weighted by Gasteiger charge is -2.05. The highest BCUT2D eigenvalue weighted by Crippen LogP contribution is 2.28. The van der Waals surface area contributed by atoms with Gasteiger partial charge in [0, 0.05) is 10.7 Å². The van der Waals surface area contributed by atoms with E-state index in [9.17, 15) is 5.11 Å². The number of aliphatic hydroxyl groups excluding tert-OH is 1. The van der Waals surface area contributed by atoms with Gasteiger partial charge in [0.05, 0.1) is 18.0 Å². The molecule has 0 unspecified atom stereocenters. The number of rotatable bonds is 2. The summed E-state index contributed by atoms with van der Waals surface area (Å²) in [5.74, 6) is 0. The lowest BCUT2D eigenvalue weighted by molar-refractivity contribution is 0.275. The topological polar surface area (TPSA) is 38.1 Å². The molecule has 88 valence electrons. The van der Waals surface area contributed by atoms with Crippen molar-refractivity contribution in [2.24, 2.45) is 0 Å². The number of nitrogens with zero attached hydrogens (tertiary/aromatic N) is 2. The quantitative estimate of drug-likeness (QED) is 0.887. The van der Waals surface area contributed by atoms with Gasteiger partial charge in [0.25, 0.3) is 0 Å². The fourth-order valence-electron chi connectivity index (χ4n) is 2.44. The van der Waals surface area contributed by atoms with Gasteiger partial charge in [-0.2, -0.15) is 5.10 Å². The minimum atomic E-state index is 0.0168. The summed E-state index contributed by atoms with van der Waals surface area (Å²) in [4.78, 5) is 0. The van der Waals surface area contributed by atoms with Crippen LogP contribution in [-0.4, -0.2) is 14.9 Å². The van der Waals surface area contributed by atoms with E-state index in [2.05, 4.69) is 5.10 Å². The zero-order valence-electron chi connectivity index (χ0n) is 9.36. The molecule has 0 atom stereocenters. The van der Waals surface area contributed by atoms with Crippen LogP contribution >= 0.6 is 11.6 Å². The largest absolute Gasteiger partial charge is 0.390 e. The van der Waals surface area contributed by atoms with Gasteiger partial charge in [0.1, 0.15) is 0 Å². The molecule has 17 heavy (non-hydrogen) atoms. The number of hydrogen-bond donors (Lipinski definition) is 1. The van der Waals surface area contributed by atoms with Crippen LogP contribution in [0.1, 0.15) is 23.4 Å². The van der Waals surface area contributed by atoms with Gasteiger partial charge in [-0.15, -0.1) is 0 Å². The molecular weight excluding hydrogens is 236 g/mol. The van der Waals surface area contributed by atoms with Crippen molar-refractivity contribution in [2.45, 2.75) is 25.9 Å². The first-order valence-corrected chi connectivity index (χ1v) is 6.14.